The van der Waals surface area contributed by atoms with Crippen LogP contribution in [0.2, 0.25) is 5.02 Å². The monoisotopic (exact) mass is 355 g/mol. The van der Waals surface area contributed by atoms with Gasteiger partial charge < -0.3 is 14.8 Å². The number of ether oxygens (including phenoxy) is 2. The van der Waals surface area contributed by atoms with Crippen molar-refractivity contribution >= 4 is 33.2 Å². The highest BCUT2D eigenvalue weighted by molar-refractivity contribution is 9.10. The largest absolute Gasteiger partial charge is 0.497 e. The second kappa shape index (κ2) is 6.86. The fourth-order valence-corrected chi connectivity index (χ4v) is 2.39. The van der Waals surface area contributed by atoms with Crippen LogP contribution in [0.25, 0.3) is 0 Å². The van der Waals surface area contributed by atoms with Gasteiger partial charge in [0.15, 0.2) is 0 Å². The van der Waals surface area contributed by atoms with Crippen LogP contribution >= 0.6 is 27.5 Å². The maximum atomic E-state index is 6.16. The van der Waals surface area contributed by atoms with Crippen LogP contribution in [0.5, 0.6) is 11.5 Å². The zero-order valence-electron chi connectivity index (χ0n) is 11.2. The molecule has 0 aliphatic heterocycles. The van der Waals surface area contributed by atoms with Gasteiger partial charge in [-0.15, -0.1) is 0 Å². The zero-order valence-corrected chi connectivity index (χ0v) is 13.6. The third kappa shape index (κ3) is 3.58. The van der Waals surface area contributed by atoms with Gasteiger partial charge in [-0.05, 0) is 36.4 Å². The Hall–Kier alpha value is -1.39. The molecule has 5 heteroatoms. The van der Waals surface area contributed by atoms with Crippen LogP contribution in [0.3, 0.4) is 0 Å². The van der Waals surface area contributed by atoms with E-state index in [2.05, 4.69) is 21.2 Å². The summed E-state index contributed by atoms with van der Waals surface area (Å²) >= 11 is 9.59. The lowest BCUT2D eigenvalue weighted by molar-refractivity contribution is 0.399. The third-order valence-electron chi connectivity index (χ3n) is 2.89. The van der Waals surface area contributed by atoms with Gasteiger partial charge in [-0.1, -0.05) is 27.5 Å². The van der Waals surface area contributed by atoms with Gasteiger partial charge in [0, 0.05) is 16.6 Å². The Morgan fingerprint density at radius 3 is 2.60 bits per heavy atom. The van der Waals surface area contributed by atoms with Gasteiger partial charge in [0.1, 0.15) is 11.5 Å². The molecule has 0 amide bonds. The molecule has 2 aromatic rings. The Kier molecular flexibility index (Phi) is 5.15. The number of nitrogens with one attached hydrogen (secondary N) is 1. The molecule has 0 bridgehead atoms. The predicted octanol–water partition coefficient (Wildman–Crippen LogP) is 4.73. The number of rotatable bonds is 5. The summed E-state index contributed by atoms with van der Waals surface area (Å²) in [7, 11) is 3.29. The molecule has 0 atom stereocenters. The minimum absolute atomic E-state index is 0.594. The summed E-state index contributed by atoms with van der Waals surface area (Å²) in [4.78, 5) is 0. The van der Waals surface area contributed by atoms with E-state index in [1.54, 1.807) is 14.2 Å². The molecule has 0 fully saturated rings. The molecule has 3 nitrogen and oxygen atoms in total. The molecule has 0 spiro atoms. The van der Waals surface area contributed by atoms with Crippen molar-refractivity contribution in [2.45, 2.75) is 6.54 Å². The van der Waals surface area contributed by atoms with E-state index in [9.17, 15) is 0 Å². The molecule has 0 aliphatic rings. The Morgan fingerprint density at radius 1 is 1.10 bits per heavy atom. The maximum absolute atomic E-state index is 6.16. The normalized spacial score (nSPS) is 10.2. The molecule has 2 aromatic carbocycles. The zero-order chi connectivity index (χ0) is 14.5. The van der Waals surface area contributed by atoms with Crippen LogP contribution < -0.4 is 14.8 Å². The number of benzene rings is 2. The van der Waals surface area contributed by atoms with Gasteiger partial charge in [0.2, 0.25) is 0 Å². The summed E-state index contributed by atoms with van der Waals surface area (Å²) < 4.78 is 11.6. The molecule has 0 saturated heterocycles. The first-order valence-corrected chi connectivity index (χ1v) is 7.21. The van der Waals surface area contributed by atoms with Crippen LogP contribution in [0.15, 0.2) is 40.9 Å². The maximum Gasteiger partial charge on any atom is 0.124 e. The molecule has 0 aromatic heterocycles. The second-order valence-corrected chi connectivity index (χ2v) is 5.48. The highest BCUT2D eigenvalue weighted by Crippen LogP contribution is 2.28. The van der Waals surface area contributed by atoms with Gasteiger partial charge >= 0.3 is 0 Å². The molecular formula is C15H15BrClNO2. The van der Waals surface area contributed by atoms with Gasteiger partial charge in [-0.2, -0.15) is 0 Å². The lowest BCUT2D eigenvalue weighted by atomic mass is 10.2. The first kappa shape index (κ1) is 15.0. The molecule has 0 saturated carbocycles. The molecule has 0 radical (unpaired) electrons. The predicted molar refractivity (Wildman–Crippen MR) is 86.0 cm³/mol. The highest BCUT2D eigenvalue weighted by atomic mass is 79.9. The second-order valence-electron chi connectivity index (χ2n) is 4.16. The van der Waals surface area contributed by atoms with Crippen LogP contribution in [0.4, 0.5) is 5.69 Å². The summed E-state index contributed by atoms with van der Waals surface area (Å²) in [6.07, 6.45) is 0. The van der Waals surface area contributed by atoms with Gasteiger partial charge in [0.25, 0.3) is 0 Å². The summed E-state index contributed by atoms with van der Waals surface area (Å²) in [6, 6.07) is 11.4. The van der Waals surface area contributed by atoms with Crippen LogP contribution in [-0.2, 0) is 6.54 Å². The summed E-state index contributed by atoms with van der Waals surface area (Å²) in [5, 5.41) is 3.97. The Bertz CT molecular complexity index is 604. The summed E-state index contributed by atoms with van der Waals surface area (Å²) in [5.41, 5.74) is 1.87. The van der Waals surface area contributed by atoms with Crippen LogP contribution in [0.1, 0.15) is 5.56 Å². The Morgan fingerprint density at radius 2 is 1.90 bits per heavy atom. The van der Waals surface area contributed by atoms with Crippen molar-refractivity contribution in [2.75, 3.05) is 19.5 Å². The lowest BCUT2D eigenvalue weighted by Crippen LogP contribution is -2.02. The molecule has 0 heterocycles. The minimum Gasteiger partial charge on any atom is -0.497 e. The average Bonchev–Trinajstić information content (AvgIpc) is 2.47. The fraction of sp³-hybridized carbons (Fsp3) is 0.200. The molecule has 0 unspecified atom stereocenters. The van der Waals surface area contributed by atoms with Crippen molar-refractivity contribution in [3.8, 4) is 11.5 Å². The van der Waals surface area contributed by atoms with Crippen LogP contribution in [0, 0.1) is 0 Å². The minimum atomic E-state index is 0.594. The molecule has 0 aliphatic carbocycles. The smallest absolute Gasteiger partial charge is 0.124 e. The third-order valence-corrected chi connectivity index (χ3v) is 3.71. The van der Waals surface area contributed by atoms with E-state index in [0.29, 0.717) is 11.6 Å². The molecule has 1 N–H and O–H groups in total. The van der Waals surface area contributed by atoms with Gasteiger partial charge in [0.05, 0.1) is 24.9 Å². The van der Waals surface area contributed by atoms with E-state index in [1.165, 1.54) is 0 Å². The molecule has 2 rings (SSSR count). The SMILES string of the molecule is COc1ccc(OC)c(CNc2cc(Br)ccc2Cl)c1. The lowest BCUT2D eigenvalue weighted by Gasteiger charge is -2.13. The number of halogens is 2. The Labute approximate surface area is 132 Å². The fourth-order valence-electron chi connectivity index (χ4n) is 1.84. The molecular weight excluding hydrogens is 342 g/mol. The van der Waals surface area contributed by atoms with E-state index < -0.39 is 0 Å². The van der Waals surface area contributed by atoms with Crippen molar-refractivity contribution in [1.29, 1.82) is 0 Å². The van der Waals surface area contributed by atoms with Gasteiger partial charge in [-0.25, -0.2) is 0 Å². The number of hydrogen-bond acceptors (Lipinski definition) is 3. The number of hydrogen-bond donors (Lipinski definition) is 1. The van der Waals surface area contributed by atoms with E-state index >= 15 is 0 Å². The van der Waals surface area contributed by atoms with Crippen molar-refractivity contribution in [3.63, 3.8) is 0 Å². The molecule has 20 heavy (non-hydrogen) atoms. The van der Waals surface area contributed by atoms with E-state index in [-0.39, 0.29) is 0 Å². The van der Waals surface area contributed by atoms with Crippen molar-refractivity contribution in [1.82, 2.24) is 0 Å². The topological polar surface area (TPSA) is 30.5 Å². The van der Waals surface area contributed by atoms with E-state index in [0.717, 1.165) is 27.2 Å². The number of anilines is 1. The van der Waals surface area contributed by atoms with E-state index in [1.807, 2.05) is 36.4 Å². The highest BCUT2D eigenvalue weighted by Gasteiger charge is 2.06. The summed E-state index contributed by atoms with van der Waals surface area (Å²) in [6.45, 7) is 0.594. The Balaban J connectivity index is 2.19. The first-order valence-electron chi connectivity index (χ1n) is 6.04. The standard InChI is InChI=1S/C15H15BrClNO2/c1-19-12-4-6-15(20-2)10(7-12)9-18-14-8-11(16)3-5-13(14)17/h3-8,18H,9H2,1-2H3. The van der Waals surface area contributed by atoms with Crippen LogP contribution in [-0.4, -0.2) is 14.2 Å². The van der Waals surface area contributed by atoms with Crippen molar-refractivity contribution in [2.24, 2.45) is 0 Å². The average molecular weight is 357 g/mol. The molecule has 106 valence electrons. The van der Waals surface area contributed by atoms with Crippen molar-refractivity contribution < 1.29 is 9.47 Å². The summed E-state index contributed by atoms with van der Waals surface area (Å²) in [5.74, 6) is 1.60. The quantitative estimate of drug-likeness (QED) is 0.840. The number of methoxy groups -OCH3 is 2. The first-order chi connectivity index (χ1) is 9.63. The van der Waals surface area contributed by atoms with Gasteiger partial charge in [-0.3, -0.25) is 0 Å². The van der Waals surface area contributed by atoms with Crippen molar-refractivity contribution in [3.05, 3.63) is 51.5 Å². The van der Waals surface area contributed by atoms with E-state index in [4.69, 9.17) is 21.1 Å².